The van der Waals surface area contributed by atoms with Crippen LogP contribution in [-0.4, -0.2) is 132 Å². The van der Waals surface area contributed by atoms with Gasteiger partial charge in [-0.2, -0.15) is 0 Å². The highest BCUT2D eigenvalue weighted by molar-refractivity contribution is 7.13. The molecule has 68 heavy (non-hydrogen) atoms. The first-order valence-electron chi connectivity index (χ1n) is 21.9. The van der Waals surface area contributed by atoms with Crippen molar-refractivity contribution in [2.75, 3.05) is 70.9 Å². The lowest BCUT2D eigenvalue weighted by molar-refractivity contribution is -0.144. The molecule has 5 N–H and O–H groups in total. The normalized spacial score (nSPS) is 15.5. The van der Waals surface area contributed by atoms with Gasteiger partial charge in [0.1, 0.15) is 42.4 Å². The number of aliphatic hydroxyl groups excluding tert-OH is 1. The van der Waals surface area contributed by atoms with E-state index in [0.29, 0.717) is 53.5 Å². The van der Waals surface area contributed by atoms with Gasteiger partial charge in [-0.3, -0.25) is 19.2 Å². The zero-order valence-electron chi connectivity index (χ0n) is 38.8. The van der Waals surface area contributed by atoms with E-state index in [1.165, 1.54) is 42.6 Å². The van der Waals surface area contributed by atoms with Crippen LogP contribution < -0.4 is 26.0 Å². The highest BCUT2D eigenvalue weighted by atomic mass is 35.5. The van der Waals surface area contributed by atoms with Crippen LogP contribution in [0.5, 0.6) is 5.75 Å². The molecule has 3 atom stereocenters. The maximum Gasteiger partial charge on any atom is 0.248 e. The van der Waals surface area contributed by atoms with Gasteiger partial charge in [-0.15, -0.1) is 11.3 Å². The van der Waals surface area contributed by atoms with E-state index >= 15 is 0 Å². The summed E-state index contributed by atoms with van der Waals surface area (Å²) in [4.78, 5) is 70.7. The lowest BCUT2D eigenvalue weighted by Crippen LogP contribution is -2.58. The van der Waals surface area contributed by atoms with Gasteiger partial charge in [0, 0.05) is 55.8 Å². The molecule has 5 aromatic rings. The summed E-state index contributed by atoms with van der Waals surface area (Å²) < 4.78 is 30.5. The number of nitrogens with zero attached hydrogens (tertiary/aromatic N) is 5. The van der Waals surface area contributed by atoms with Gasteiger partial charge in [0.05, 0.1) is 65.3 Å². The number of methoxy groups -OCH3 is 1. The molecule has 0 unspecified atom stereocenters. The SMILES string of the molecule is COc1cc2ncnc(Nc3ccc(F)c(Cl)c3)c2cc1NC(=O)/C=C/CN(C)CCOCCOCC(=O)N[C@H](C(=O)N1C[C@@H](O)C[C@H]1C(=O)NCc1ccc(-c2scnc2C)cc1)C(C)(C)C. The molecule has 3 heterocycles. The molecule has 17 nitrogen and oxygen atoms in total. The number of β-amino-alcohol motifs (C(OH)–C–C–N with tert-alkyl or cyclic N) is 1. The Hall–Kier alpha value is -6.09. The number of halogens is 2. The second-order valence-corrected chi connectivity index (χ2v) is 18.6. The third-order valence-corrected chi connectivity index (χ3v) is 12.3. The maximum atomic E-state index is 14.0. The summed E-state index contributed by atoms with van der Waals surface area (Å²) in [7, 11) is 3.36. The molecule has 20 heteroatoms. The highest BCUT2D eigenvalue weighted by Crippen LogP contribution is 2.34. The molecular weight excluding hydrogens is 917 g/mol. The van der Waals surface area contributed by atoms with Gasteiger partial charge in [-0.1, -0.05) is 62.7 Å². The Kier molecular flexibility index (Phi) is 17.9. The number of aryl methyl sites for hydroxylation is 1. The predicted molar refractivity (Wildman–Crippen MR) is 259 cm³/mol. The van der Waals surface area contributed by atoms with E-state index in [4.69, 9.17) is 25.8 Å². The van der Waals surface area contributed by atoms with Crippen molar-refractivity contribution in [2.45, 2.75) is 58.8 Å². The number of likely N-dealkylation sites (N-methyl/N-ethyl adjacent to an activating group) is 1. The summed E-state index contributed by atoms with van der Waals surface area (Å²) in [6, 6.07) is 13.5. The number of anilines is 3. The van der Waals surface area contributed by atoms with Crippen LogP contribution >= 0.6 is 22.9 Å². The van der Waals surface area contributed by atoms with Gasteiger partial charge in [0.2, 0.25) is 23.6 Å². The van der Waals surface area contributed by atoms with Crippen molar-refractivity contribution < 1.29 is 42.9 Å². The van der Waals surface area contributed by atoms with Gasteiger partial charge in [0.25, 0.3) is 0 Å². The van der Waals surface area contributed by atoms with Gasteiger partial charge in [0.15, 0.2) is 0 Å². The topological polar surface area (TPSA) is 209 Å². The average molecular weight is 975 g/mol. The molecule has 0 spiro atoms. The molecule has 1 fully saturated rings. The number of benzene rings is 3. The summed E-state index contributed by atoms with van der Waals surface area (Å²) in [5.41, 5.74) is 5.42. The van der Waals surface area contributed by atoms with Crippen molar-refractivity contribution in [3.63, 3.8) is 0 Å². The van der Waals surface area contributed by atoms with Gasteiger partial charge < -0.3 is 50.4 Å². The fraction of sp³-hybridized carbons (Fsp3) is 0.396. The van der Waals surface area contributed by atoms with Crippen molar-refractivity contribution in [1.82, 2.24) is 35.4 Å². The number of nitrogens with one attached hydrogen (secondary N) is 4. The largest absolute Gasteiger partial charge is 0.494 e. The van der Waals surface area contributed by atoms with E-state index in [-0.39, 0.29) is 56.2 Å². The Morgan fingerprint density at radius 3 is 2.51 bits per heavy atom. The van der Waals surface area contributed by atoms with Crippen molar-refractivity contribution in [2.24, 2.45) is 5.41 Å². The first kappa shape index (κ1) is 51.3. The zero-order valence-corrected chi connectivity index (χ0v) is 40.4. The molecule has 362 valence electrons. The van der Waals surface area contributed by atoms with E-state index in [9.17, 15) is 28.7 Å². The van der Waals surface area contributed by atoms with Crippen molar-refractivity contribution >= 4 is 74.7 Å². The quantitative estimate of drug-likeness (QED) is 0.0431. The molecule has 2 aromatic heterocycles. The third kappa shape index (κ3) is 14.0. The van der Waals surface area contributed by atoms with E-state index in [0.717, 1.165) is 21.7 Å². The summed E-state index contributed by atoms with van der Waals surface area (Å²) in [5, 5.41) is 22.7. The molecule has 0 aliphatic carbocycles. The maximum absolute atomic E-state index is 14.0. The Labute approximate surface area is 403 Å². The monoisotopic (exact) mass is 973 g/mol. The van der Waals surface area contributed by atoms with Crippen LogP contribution in [0.2, 0.25) is 5.02 Å². The summed E-state index contributed by atoms with van der Waals surface area (Å²) in [5.74, 6) is -1.48. The molecule has 1 aliphatic heterocycles. The number of thiazole rings is 1. The number of hydrogen-bond acceptors (Lipinski definition) is 14. The average Bonchev–Trinajstić information content (AvgIpc) is 3.92. The third-order valence-electron chi connectivity index (χ3n) is 11.0. The van der Waals surface area contributed by atoms with E-state index in [1.807, 2.05) is 63.9 Å². The minimum atomic E-state index is -0.989. The summed E-state index contributed by atoms with van der Waals surface area (Å²) in [6.07, 6.45) is 3.69. The Bertz CT molecular complexity index is 2590. The fourth-order valence-electron chi connectivity index (χ4n) is 7.35. The minimum absolute atomic E-state index is 0.0338. The highest BCUT2D eigenvalue weighted by Gasteiger charge is 2.44. The van der Waals surface area contributed by atoms with Crippen molar-refractivity contribution in [3.05, 3.63) is 101 Å². The lowest BCUT2D eigenvalue weighted by Gasteiger charge is -2.35. The first-order valence-corrected chi connectivity index (χ1v) is 23.2. The molecule has 0 bridgehead atoms. The molecule has 3 aromatic carbocycles. The standard InChI is InChI=1S/C48H57ClFN9O8S/c1-29-43(68-28-54-29)31-11-9-30(10-12-31)24-51-46(63)39-21-33(60)25-59(39)47(64)44(48(2,3)4)57-42(62)26-67-19-18-66-17-16-58(5)15-7-8-41(61)56-38-22-34-37(23-40(38)65-6)52-27-53-45(34)55-32-13-14-36(50)35(49)20-32/h7-14,20,22-23,27-28,33,39,44,60H,15-19,21,24-26H2,1-6H3,(H,51,63)(H,56,61)(H,57,62)(H,52,53,55)/b8-7+/t33-,39-,44+/m0/s1. The summed E-state index contributed by atoms with van der Waals surface area (Å²) in [6.45, 7) is 8.99. The fourth-order valence-corrected chi connectivity index (χ4v) is 8.35. The zero-order chi connectivity index (χ0) is 49.0. The number of carbonyl (C=O) groups excluding carboxylic acids is 4. The lowest BCUT2D eigenvalue weighted by atomic mass is 9.85. The molecule has 0 radical (unpaired) electrons. The number of amides is 4. The number of hydrogen-bond donors (Lipinski definition) is 5. The van der Waals surface area contributed by atoms with Crippen LogP contribution in [0.25, 0.3) is 21.3 Å². The number of carbonyl (C=O) groups is 4. The Morgan fingerprint density at radius 1 is 1.04 bits per heavy atom. The van der Waals surface area contributed by atoms with Crippen molar-refractivity contribution in [1.29, 1.82) is 0 Å². The van der Waals surface area contributed by atoms with Crippen LogP contribution in [0.3, 0.4) is 0 Å². The molecule has 1 aliphatic rings. The minimum Gasteiger partial charge on any atom is -0.494 e. The smallest absolute Gasteiger partial charge is 0.248 e. The number of fused-ring (bicyclic) bond motifs is 1. The number of aromatic nitrogens is 3. The molecule has 4 amide bonds. The first-order chi connectivity index (χ1) is 32.5. The predicted octanol–water partition coefficient (Wildman–Crippen LogP) is 5.88. The van der Waals surface area contributed by atoms with Gasteiger partial charge >= 0.3 is 0 Å². The van der Waals surface area contributed by atoms with Crippen molar-refractivity contribution in [3.8, 4) is 16.2 Å². The Morgan fingerprint density at radius 2 is 1.81 bits per heavy atom. The number of aliphatic hydroxyl groups is 1. The van der Waals surface area contributed by atoms with E-state index in [1.54, 1.807) is 35.1 Å². The number of likely N-dealkylation sites (tertiary alicyclic amines) is 1. The van der Waals surface area contributed by atoms with Crippen LogP contribution in [0.4, 0.5) is 21.6 Å². The van der Waals surface area contributed by atoms with E-state index < -0.39 is 41.2 Å². The van der Waals surface area contributed by atoms with Gasteiger partial charge in [-0.05, 0) is 54.8 Å². The van der Waals surface area contributed by atoms with Crippen LogP contribution in [0.15, 0.2) is 78.6 Å². The van der Waals surface area contributed by atoms with Crippen LogP contribution in [-0.2, 0) is 35.2 Å². The Balaban J connectivity index is 0.892. The van der Waals surface area contributed by atoms with Crippen LogP contribution in [0.1, 0.15) is 38.4 Å². The molecule has 1 saturated heterocycles. The second-order valence-electron chi connectivity index (χ2n) is 17.3. The van der Waals surface area contributed by atoms with Crippen LogP contribution in [0, 0.1) is 18.2 Å². The summed E-state index contributed by atoms with van der Waals surface area (Å²) >= 11 is 7.52. The van der Waals surface area contributed by atoms with Gasteiger partial charge in [-0.25, -0.2) is 19.3 Å². The molecular formula is C48H57ClFN9O8S. The molecule has 6 rings (SSSR count). The number of rotatable bonds is 21. The molecule has 0 saturated carbocycles. The number of ether oxygens (including phenoxy) is 3. The van der Waals surface area contributed by atoms with E-state index in [2.05, 4.69) is 36.2 Å². The second kappa shape index (κ2) is 23.8.